The third-order valence-electron chi connectivity index (χ3n) is 1.84. The molecule has 68 valence electrons. The van der Waals surface area contributed by atoms with Crippen molar-refractivity contribution in [2.24, 2.45) is 5.11 Å². The fraction of sp³-hybridized carbons (Fsp3) is 0.667. The Labute approximate surface area is 70.7 Å². The molecule has 0 aromatic heterocycles. The summed E-state index contributed by atoms with van der Waals surface area (Å²) in [5.74, 6) is 0. The van der Waals surface area contributed by atoms with Crippen LogP contribution >= 0.6 is 0 Å². The summed E-state index contributed by atoms with van der Waals surface area (Å²) in [6.45, 7) is 0. The van der Waals surface area contributed by atoms with Crippen LogP contribution in [0.3, 0.4) is 0 Å². The Hall–Kier alpha value is -0.750. The molecule has 0 heterocycles. The molecule has 0 bridgehead atoms. The van der Waals surface area contributed by atoms with Crippen molar-refractivity contribution in [3.8, 4) is 0 Å². The lowest BCUT2D eigenvalue weighted by Gasteiger charge is -2.16. The minimum atomic E-state index is -3.95. The summed E-state index contributed by atoms with van der Waals surface area (Å²) in [5, 5.41) is 2.44. The highest BCUT2D eigenvalue weighted by Crippen LogP contribution is 2.18. The van der Waals surface area contributed by atoms with Crippen molar-refractivity contribution in [3.63, 3.8) is 0 Å². The molecule has 0 amide bonds. The number of nitrogens with one attached hydrogen (secondary N) is 1. The van der Waals surface area contributed by atoms with E-state index in [-0.39, 0.29) is 6.04 Å². The first kappa shape index (κ1) is 9.34. The van der Waals surface area contributed by atoms with Crippen LogP contribution in [0.4, 0.5) is 0 Å². The second-order valence-electron chi connectivity index (χ2n) is 2.71. The molecule has 0 aromatic rings. The van der Waals surface area contributed by atoms with Crippen LogP contribution in [0.5, 0.6) is 0 Å². The Morgan fingerprint density at radius 2 is 2.08 bits per heavy atom. The molecule has 0 fully saturated rings. The molecule has 0 radical (unpaired) electrons. The van der Waals surface area contributed by atoms with Gasteiger partial charge in [0.1, 0.15) is 5.25 Å². The summed E-state index contributed by atoms with van der Waals surface area (Å²) in [7, 11) is -3.95. The van der Waals surface area contributed by atoms with E-state index in [1.165, 1.54) is 12.2 Å². The smallest absolute Gasteiger partial charge is 0.271 e. The third kappa shape index (κ3) is 2.12. The van der Waals surface area contributed by atoms with Crippen LogP contribution in [-0.2, 0) is 10.1 Å². The molecule has 1 aliphatic rings. The van der Waals surface area contributed by atoms with Crippen LogP contribution in [0.25, 0.3) is 0 Å². The van der Waals surface area contributed by atoms with Gasteiger partial charge in [0.25, 0.3) is 10.1 Å². The number of nitrogens with zero attached hydrogens (tertiary/aromatic N) is 1. The van der Waals surface area contributed by atoms with Gasteiger partial charge in [-0.15, -0.1) is 0 Å². The normalized spacial score (nSPS) is 30.1. The second kappa shape index (κ2) is 3.32. The Balaban J connectivity index is 2.72. The lowest BCUT2D eigenvalue weighted by atomic mass is 10.0. The second-order valence-corrected chi connectivity index (χ2v) is 4.35. The average molecular weight is 190 g/mol. The van der Waals surface area contributed by atoms with Crippen molar-refractivity contribution < 1.29 is 13.0 Å². The van der Waals surface area contributed by atoms with Gasteiger partial charge in [-0.2, -0.15) is 13.5 Å². The van der Waals surface area contributed by atoms with Gasteiger partial charge in [-0.1, -0.05) is 12.2 Å². The largest absolute Gasteiger partial charge is 0.285 e. The van der Waals surface area contributed by atoms with Crippen molar-refractivity contribution in [1.29, 1.82) is 5.53 Å². The van der Waals surface area contributed by atoms with Gasteiger partial charge < -0.3 is 0 Å². The highest BCUT2D eigenvalue weighted by molar-refractivity contribution is 7.86. The molecule has 2 N–H and O–H groups in total. The van der Waals surface area contributed by atoms with Crippen molar-refractivity contribution in [2.75, 3.05) is 0 Å². The standard InChI is InChI=1S/C6H10N2O3S/c7-8-5-1-3-6(4-2-5)12(9,10)11/h1,3,5-7H,2,4H2,(H,9,10,11). The minimum Gasteiger partial charge on any atom is -0.285 e. The topological polar surface area (TPSA) is 90.6 Å². The van der Waals surface area contributed by atoms with E-state index in [0.29, 0.717) is 12.8 Å². The van der Waals surface area contributed by atoms with Crippen LogP contribution in [0.2, 0.25) is 0 Å². The van der Waals surface area contributed by atoms with Gasteiger partial charge in [0.2, 0.25) is 0 Å². The van der Waals surface area contributed by atoms with Gasteiger partial charge >= 0.3 is 0 Å². The van der Waals surface area contributed by atoms with Gasteiger partial charge in [0.05, 0.1) is 6.04 Å². The third-order valence-corrected chi connectivity index (χ3v) is 3.00. The zero-order valence-electron chi connectivity index (χ0n) is 6.34. The first-order chi connectivity index (χ1) is 5.54. The summed E-state index contributed by atoms with van der Waals surface area (Å²) >= 11 is 0. The van der Waals surface area contributed by atoms with Crippen LogP contribution in [0.1, 0.15) is 12.8 Å². The molecule has 0 spiro atoms. The maximum Gasteiger partial charge on any atom is 0.271 e. The summed E-state index contributed by atoms with van der Waals surface area (Å²) < 4.78 is 29.9. The molecule has 0 saturated carbocycles. The maximum absolute atomic E-state index is 10.6. The number of rotatable bonds is 2. The first-order valence-electron chi connectivity index (χ1n) is 3.55. The van der Waals surface area contributed by atoms with Gasteiger partial charge in [0.15, 0.2) is 0 Å². The van der Waals surface area contributed by atoms with E-state index in [0.717, 1.165) is 0 Å². The minimum absolute atomic E-state index is 0.219. The van der Waals surface area contributed by atoms with Crippen LogP contribution in [0, 0.1) is 5.53 Å². The Morgan fingerprint density at radius 1 is 1.42 bits per heavy atom. The van der Waals surface area contributed by atoms with Gasteiger partial charge in [-0.3, -0.25) is 4.55 Å². The Morgan fingerprint density at radius 3 is 2.42 bits per heavy atom. The summed E-state index contributed by atoms with van der Waals surface area (Å²) in [5.41, 5.74) is 6.68. The zero-order valence-corrected chi connectivity index (χ0v) is 7.16. The predicted octanol–water partition coefficient (Wildman–Crippen LogP) is 0.992. The van der Waals surface area contributed by atoms with Crippen LogP contribution < -0.4 is 0 Å². The predicted molar refractivity (Wildman–Crippen MR) is 42.6 cm³/mol. The van der Waals surface area contributed by atoms with E-state index >= 15 is 0 Å². The molecule has 5 nitrogen and oxygen atoms in total. The summed E-state index contributed by atoms with van der Waals surface area (Å²) in [6.07, 6.45) is 3.77. The van der Waals surface area contributed by atoms with E-state index in [4.69, 9.17) is 10.1 Å². The average Bonchev–Trinajstić information content (AvgIpc) is 2.03. The molecule has 2 atom stereocenters. The van der Waals surface area contributed by atoms with Crippen molar-refractivity contribution in [2.45, 2.75) is 24.1 Å². The highest BCUT2D eigenvalue weighted by atomic mass is 32.2. The lowest BCUT2D eigenvalue weighted by Crippen LogP contribution is -2.23. The van der Waals surface area contributed by atoms with E-state index in [9.17, 15) is 8.42 Å². The van der Waals surface area contributed by atoms with E-state index in [2.05, 4.69) is 5.11 Å². The summed E-state index contributed by atoms with van der Waals surface area (Å²) in [6, 6.07) is -0.219. The van der Waals surface area contributed by atoms with Crippen molar-refractivity contribution in [3.05, 3.63) is 12.2 Å². The van der Waals surface area contributed by atoms with Crippen molar-refractivity contribution >= 4 is 10.1 Å². The SMILES string of the molecule is N=NC1C=CC(S(=O)(=O)O)CC1. The maximum atomic E-state index is 10.6. The van der Waals surface area contributed by atoms with E-state index in [1.807, 2.05) is 0 Å². The molecule has 12 heavy (non-hydrogen) atoms. The molecular formula is C6H10N2O3S. The van der Waals surface area contributed by atoms with Crippen LogP contribution in [-0.4, -0.2) is 24.3 Å². The van der Waals surface area contributed by atoms with Crippen molar-refractivity contribution in [1.82, 2.24) is 0 Å². The first-order valence-corrected chi connectivity index (χ1v) is 5.05. The monoisotopic (exact) mass is 190 g/mol. The quantitative estimate of drug-likeness (QED) is 0.386. The molecular weight excluding hydrogens is 180 g/mol. The molecule has 2 unspecified atom stereocenters. The van der Waals surface area contributed by atoms with E-state index < -0.39 is 15.4 Å². The highest BCUT2D eigenvalue weighted by Gasteiger charge is 2.24. The fourth-order valence-electron chi connectivity index (χ4n) is 1.14. The van der Waals surface area contributed by atoms with E-state index in [1.54, 1.807) is 0 Å². The number of hydrogen-bond acceptors (Lipinski definition) is 4. The van der Waals surface area contributed by atoms with Crippen LogP contribution in [0.15, 0.2) is 17.3 Å². The lowest BCUT2D eigenvalue weighted by molar-refractivity contribution is 0.464. The molecule has 1 aliphatic carbocycles. The van der Waals surface area contributed by atoms with Gasteiger partial charge in [0, 0.05) is 0 Å². The number of hydrogen-bond donors (Lipinski definition) is 2. The molecule has 6 heteroatoms. The molecule has 0 aromatic carbocycles. The van der Waals surface area contributed by atoms with Gasteiger partial charge in [-0.25, -0.2) is 5.53 Å². The Kier molecular flexibility index (Phi) is 2.58. The molecule has 1 rings (SSSR count). The Bertz CT molecular complexity index is 296. The molecule has 0 aliphatic heterocycles. The van der Waals surface area contributed by atoms with Gasteiger partial charge in [-0.05, 0) is 12.8 Å². The molecule has 0 saturated heterocycles. The fourth-order valence-corrected chi connectivity index (χ4v) is 1.86. The zero-order chi connectivity index (χ0) is 9.19. The summed E-state index contributed by atoms with van der Waals surface area (Å²) in [4.78, 5) is 0.